The zero-order chi connectivity index (χ0) is 15.0. The molecule has 0 fully saturated rings. The molecule has 0 radical (unpaired) electrons. The number of nitriles is 1. The monoisotopic (exact) mass is 287 g/mol. The summed E-state index contributed by atoms with van der Waals surface area (Å²) >= 11 is 0. The Bertz CT molecular complexity index is 718. The first kappa shape index (κ1) is 13.9. The van der Waals surface area contributed by atoms with Gasteiger partial charge in [0.25, 0.3) is 0 Å². The third kappa shape index (κ3) is 1.99. The molecule has 7 heteroatoms. The fraction of sp³-hybridized carbons (Fsp3) is 0. The van der Waals surface area contributed by atoms with Crippen LogP contribution in [0.4, 0.5) is 26.3 Å². The normalized spacial score (nSPS) is 10.4. The van der Waals surface area contributed by atoms with Gasteiger partial charge in [-0.3, -0.25) is 0 Å². The van der Waals surface area contributed by atoms with Gasteiger partial charge < -0.3 is 0 Å². The minimum atomic E-state index is -2.30. The standard InChI is InChI=1S/C13H3F6N/c14-6-1-2-7(5(3-6)4-20)8-9(15)11(17)13(19)12(18)10(8)16/h1-3H. The van der Waals surface area contributed by atoms with E-state index in [9.17, 15) is 26.3 Å². The number of nitrogens with zero attached hydrogens (tertiary/aromatic N) is 1. The molecule has 0 saturated heterocycles. The topological polar surface area (TPSA) is 23.8 Å². The number of rotatable bonds is 1. The first-order valence-electron chi connectivity index (χ1n) is 5.10. The lowest BCUT2D eigenvalue weighted by molar-refractivity contribution is 0.381. The van der Waals surface area contributed by atoms with Crippen molar-refractivity contribution in [2.24, 2.45) is 0 Å². The van der Waals surface area contributed by atoms with Gasteiger partial charge >= 0.3 is 0 Å². The highest BCUT2D eigenvalue weighted by Crippen LogP contribution is 2.33. The Labute approximate surface area is 108 Å². The van der Waals surface area contributed by atoms with Crippen molar-refractivity contribution in [2.75, 3.05) is 0 Å². The molecule has 0 spiro atoms. The fourth-order valence-corrected chi connectivity index (χ4v) is 1.67. The smallest absolute Gasteiger partial charge is 0.200 e. The van der Waals surface area contributed by atoms with Crippen LogP contribution in [0.5, 0.6) is 0 Å². The summed E-state index contributed by atoms with van der Waals surface area (Å²) in [6, 6.07) is 3.58. The Morgan fingerprint density at radius 3 is 1.75 bits per heavy atom. The molecule has 0 amide bonds. The Morgan fingerprint density at radius 1 is 0.750 bits per heavy atom. The molecule has 0 bridgehead atoms. The molecule has 0 aliphatic heterocycles. The van der Waals surface area contributed by atoms with Crippen molar-refractivity contribution < 1.29 is 26.3 Å². The molecule has 0 atom stereocenters. The van der Waals surface area contributed by atoms with Crippen molar-refractivity contribution in [2.45, 2.75) is 0 Å². The molecule has 2 aromatic rings. The average molecular weight is 287 g/mol. The zero-order valence-corrected chi connectivity index (χ0v) is 9.45. The molecule has 0 heterocycles. The highest BCUT2D eigenvalue weighted by Gasteiger charge is 2.27. The van der Waals surface area contributed by atoms with Crippen molar-refractivity contribution in [3.05, 3.63) is 58.7 Å². The minimum absolute atomic E-state index is 0.548. The van der Waals surface area contributed by atoms with Gasteiger partial charge in [-0.15, -0.1) is 0 Å². The van der Waals surface area contributed by atoms with E-state index in [2.05, 4.69) is 0 Å². The van der Waals surface area contributed by atoms with E-state index < -0.39 is 51.6 Å². The molecule has 20 heavy (non-hydrogen) atoms. The summed E-state index contributed by atoms with van der Waals surface area (Å²) in [5, 5.41) is 8.76. The highest BCUT2D eigenvalue weighted by atomic mass is 19.2. The fourth-order valence-electron chi connectivity index (χ4n) is 1.67. The van der Waals surface area contributed by atoms with Crippen molar-refractivity contribution >= 4 is 0 Å². The lowest BCUT2D eigenvalue weighted by Crippen LogP contribution is -2.05. The van der Waals surface area contributed by atoms with E-state index in [0.717, 1.165) is 12.1 Å². The third-order valence-corrected chi connectivity index (χ3v) is 2.58. The second-order valence-corrected chi connectivity index (χ2v) is 3.75. The van der Waals surface area contributed by atoms with Crippen LogP contribution in [0.1, 0.15) is 5.56 Å². The SMILES string of the molecule is N#Cc1cc(F)ccc1-c1c(F)c(F)c(F)c(F)c1F. The summed E-state index contributed by atoms with van der Waals surface area (Å²) in [4.78, 5) is 0. The Kier molecular flexibility index (Phi) is 3.40. The first-order valence-corrected chi connectivity index (χ1v) is 5.10. The van der Waals surface area contributed by atoms with Crippen molar-refractivity contribution in [3.63, 3.8) is 0 Å². The molecule has 0 aromatic heterocycles. The molecule has 0 saturated carbocycles. The maximum atomic E-state index is 13.6. The van der Waals surface area contributed by atoms with Gasteiger partial charge in [0, 0.05) is 5.56 Å². The maximum absolute atomic E-state index is 13.6. The molecule has 1 nitrogen and oxygen atoms in total. The van der Waals surface area contributed by atoms with E-state index in [1.807, 2.05) is 0 Å². The van der Waals surface area contributed by atoms with Crippen molar-refractivity contribution in [1.82, 2.24) is 0 Å². The lowest BCUT2D eigenvalue weighted by Gasteiger charge is -2.09. The van der Waals surface area contributed by atoms with Crippen LogP contribution in [0.15, 0.2) is 18.2 Å². The second-order valence-electron chi connectivity index (χ2n) is 3.75. The molecule has 2 aromatic carbocycles. The summed E-state index contributed by atoms with van der Waals surface area (Å²) in [6.45, 7) is 0. The van der Waals surface area contributed by atoms with Crippen LogP contribution >= 0.6 is 0 Å². The van der Waals surface area contributed by atoms with Crippen LogP contribution in [0.3, 0.4) is 0 Å². The Balaban J connectivity index is 2.88. The maximum Gasteiger partial charge on any atom is 0.200 e. The highest BCUT2D eigenvalue weighted by molar-refractivity contribution is 5.71. The summed E-state index contributed by atoms with van der Waals surface area (Å²) in [5.41, 5.74) is -2.40. The van der Waals surface area contributed by atoms with Gasteiger partial charge in [0.05, 0.1) is 17.2 Å². The summed E-state index contributed by atoms with van der Waals surface area (Å²) in [5.74, 6) is -11.6. The van der Waals surface area contributed by atoms with Gasteiger partial charge in [0.15, 0.2) is 23.3 Å². The van der Waals surface area contributed by atoms with Crippen LogP contribution < -0.4 is 0 Å². The van der Waals surface area contributed by atoms with Gasteiger partial charge in [0.2, 0.25) is 5.82 Å². The average Bonchev–Trinajstić information content (AvgIpc) is 2.44. The van der Waals surface area contributed by atoms with E-state index in [1.165, 1.54) is 6.07 Å². The quantitative estimate of drug-likeness (QED) is 0.441. The van der Waals surface area contributed by atoms with Crippen LogP contribution in [0.25, 0.3) is 11.1 Å². The van der Waals surface area contributed by atoms with E-state index in [0.29, 0.717) is 6.07 Å². The summed E-state index contributed by atoms with van der Waals surface area (Å²) in [7, 11) is 0. The lowest BCUT2D eigenvalue weighted by atomic mass is 9.98. The second kappa shape index (κ2) is 4.89. The largest absolute Gasteiger partial charge is 0.207 e. The molecular weight excluding hydrogens is 284 g/mol. The molecule has 0 unspecified atom stereocenters. The van der Waals surface area contributed by atoms with Gasteiger partial charge in [-0.05, 0) is 18.2 Å². The molecule has 0 aliphatic rings. The number of hydrogen-bond donors (Lipinski definition) is 0. The van der Waals surface area contributed by atoms with Crippen LogP contribution in [-0.4, -0.2) is 0 Å². The van der Waals surface area contributed by atoms with Gasteiger partial charge in [-0.1, -0.05) is 0 Å². The number of hydrogen-bond acceptors (Lipinski definition) is 1. The first-order chi connectivity index (χ1) is 9.38. The van der Waals surface area contributed by atoms with E-state index in [1.54, 1.807) is 0 Å². The summed E-state index contributed by atoms with van der Waals surface area (Å²) < 4.78 is 79.2. The van der Waals surface area contributed by atoms with Crippen LogP contribution in [0, 0.1) is 46.2 Å². The number of halogens is 6. The number of benzene rings is 2. The molecule has 102 valence electrons. The van der Waals surface area contributed by atoms with Crippen LogP contribution in [-0.2, 0) is 0 Å². The van der Waals surface area contributed by atoms with E-state index in [4.69, 9.17) is 5.26 Å². The molecule has 0 aliphatic carbocycles. The predicted octanol–water partition coefficient (Wildman–Crippen LogP) is 4.06. The van der Waals surface area contributed by atoms with Crippen molar-refractivity contribution in [3.8, 4) is 17.2 Å². The van der Waals surface area contributed by atoms with Gasteiger partial charge in [-0.25, -0.2) is 26.3 Å². The van der Waals surface area contributed by atoms with Gasteiger partial charge in [0.1, 0.15) is 5.82 Å². The van der Waals surface area contributed by atoms with Crippen LogP contribution in [0.2, 0.25) is 0 Å². The molecule has 0 N–H and O–H groups in total. The molecular formula is C13H3F6N. The van der Waals surface area contributed by atoms with Gasteiger partial charge in [-0.2, -0.15) is 5.26 Å². The van der Waals surface area contributed by atoms with E-state index >= 15 is 0 Å². The van der Waals surface area contributed by atoms with E-state index in [-0.39, 0.29) is 0 Å². The summed E-state index contributed by atoms with van der Waals surface area (Å²) in [6.07, 6.45) is 0. The zero-order valence-electron chi connectivity index (χ0n) is 9.45. The predicted molar refractivity (Wildman–Crippen MR) is 56.3 cm³/mol. The Hall–Kier alpha value is -2.49. The molecule has 2 rings (SSSR count). The Morgan fingerprint density at radius 2 is 1.25 bits per heavy atom. The van der Waals surface area contributed by atoms with Crippen molar-refractivity contribution in [1.29, 1.82) is 5.26 Å². The third-order valence-electron chi connectivity index (χ3n) is 2.58. The minimum Gasteiger partial charge on any atom is -0.207 e.